The van der Waals surface area contributed by atoms with Crippen LogP contribution in [0.5, 0.6) is 5.75 Å². The molecule has 1 N–H and O–H groups in total. The lowest BCUT2D eigenvalue weighted by molar-refractivity contribution is 0.00851. The molecule has 0 amide bonds. The average Bonchev–Trinajstić information content (AvgIpc) is 2.36. The molecule has 17 heavy (non-hydrogen) atoms. The maximum absolute atomic E-state index is 9.86. The number of nitrogens with zero attached hydrogens (tertiary/aromatic N) is 1. The van der Waals surface area contributed by atoms with Crippen molar-refractivity contribution in [3.05, 3.63) is 36.5 Å². The van der Waals surface area contributed by atoms with Crippen molar-refractivity contribution in [3.8, 4) is 5.75 Å². The van der Waals surface area contributed by atoms with Gasteiger partial charge in [-0.15, -0.1) is 0 Å². The molecule has 3 nitrogen and oxygen atoms in total. The number of aromatic nitrogens is 1. The van der Waals surface area contributed by atoms with Gasteiger partial charge >= 0.3 is 0 Å². The fraction of sp³-hybridized carbons (Fsp3) is 0.357. The zero-order valence-electron chi connectivity index (χ0n) is 10.2. The van der Waals surface area contributed by atoms with Crippen LogP contribution in [0.15, 0.2) is 36.5 Å². The fourth-order valence-corrected chi connectivity index (χ4v) is 1.48. The predicted molar refractivity (Wildman–Crippen MR) is 68.2 cm³/mol. The summed E-state index contributed by atoms with van der Waals surface area (Å²) in [6.07, 6.45) is 2.42. The maximum Gasteiger partial charge on any atom is 0.121 e. The van der Waals surface area contributed by atoms with Crippen LogP contribution in [0.4, 0.5) is 0 Å². The molecule has 1 heterocycles. The number of rotatable bonds is 4. The highest BCUT2D eigenvalue weighted by Gasteiger charge is 2.18. The van der Waals surface area contributed by atoms with Gasteiger partial charge in [-0.2, -0.15) is 0 Å². The molecule has 0 aliphatic heterocycles. The second-order valence-electron chi connectivity index (χ2n) is 4.50. The lowest BCUT2D eigenvalue weighted by Crippen LogP contribution is -2.31. The van der Waals surface area contributed by atoms with Crippen molar-refractivity contribution in [2.24, 2.45) is 0 Å². The SMILES string of the molecule is CCC(C)(O)COc1ccc2cccnc2c1. The van der Waals surface area contributed by atoms with Gasteiger partial charge in [-0.25, -0.2) is 0 Å². The van der Waals surface area contributed by atoms with Gasteiger partial charge in [0.05, 0.1) is 11.1 Å². The topological polar surface area (TPSA) is 42.4 Å². The van der Waals surface area contributed by atoms with Crippen molar-refractivity contribution in [2.75, 3.05) is 6.61 Å². The van der Waals surface area contributed by atoms with Crippen molar-refractivity contribution in [2.45, 2.75) is 25.9 Å². The van der Waals surface area contributed by atoms with Gasteiger partial charge < -0.3 is 9.84 Å². The van der Waals surface area contributed by atoms with Crippen LogP contribution in [0.1, 0.15) is 20.3 Å². The number of benzene rings is 1. The molecule has 0 saturated carbocycles. The molecule has 2 rings (SSSR count). The quantitative estimate of drug-likeness (QED) is 0.879. The lowest BCUT2D eigenvalue weighted by atomic mass is 10.1. The Morgan fingerprint density at radius 3 is 2.94 bits per heavy atom. The van der Waals surface area contributed by atoms with Crippen LogP contribution in [0, 0.1) is 0 Å². The van der Waals surface area contributed by atoms with E-state index >= 15 is 0 Å². The van der Waals surface area contributed by atoms with E-state index in [9.17, 15) is 5.11 Å². The van der Waals surface area contributed by atoms with E-state index in [1.54, 1.807) is 13.1 Å². The molecule has 1 aromatic heterocycles. The Balaban J connectivity index is 2.14. The standard InChI is InChI=1S/C14H17NO2/c1-3-14(2,16)10-17-12-7-6-11-5-4-8-15-13(11)9-12/h4-9,16H,3,10H2,1-2H3. The number of pyridine rings is 1. The first-order valence-electron chi connectivity index (χ1n) is 5.81. The fourth-order valence-electron chi connectivity index (χ4n) is 1.48. The molecule has 2 aromatic rings. The highest BCUT2D eigenvalue weighted by molar-refractivity contribution is 5.79. The van der Waals surface area contributed by atoms with Crippen LogP contribution < -0.4 is 4.74 Å². The smallest absolute Gasteiger partial charge is 0.121 e. The van der Waals surface area contributed by atoms with Crippen LogP contribution in [-0.4, -0.2) is 22.3 Å². The first-order valence-corrected chi connectivity index (χ1v) is 5.81. The minimum absolute atomic E-state index is 0.293. The monoisotopic (exact) mass is 231 g/mol. The molecule has 1 atom stereocenters. The molecule has 1 unspecified atom stereocenters. The highest BCUT2D eigenvalue weighted by Crippen LogP contribution is 2.20. The predicted octanol–water partition coefficient (Wildman–Crippen LogP) is 2.77. The van der Waals surface area contributed by atoms with E-state index in [0.29, 0.717) is 13.0 Å². The number of hydrogen-bond acceptors (Lipinski definition) is 3. The van der Waals surface area contributed by atoms with E-state index < -0.39 is 5.60 Å². The van der Waals surface area contributed by atoms with E-state index in [1.807, 2.05) is 37.3 Å². The first-order chi connectivity index (χ1) is 8.11. The number of aliphatic hydroxyl groups is 1. The van der Waals surface area contributed by atoms with Crippen molar-refractivity contribution >= 4 is 10.9 Å². The zero-order chi connectivity index (χ0) is 12.3. The molecule has 0 radical (unpaired) electrons. The second kappa shape index (κ2) is 4.72. The summed E-state index contributed by atoms with van der Waals surface area (Å²) in [6.45, 7) is 4.00. The Hall–Kier alpha value is -1.61. The van der Waals surface area contributed by atoms with Crippen LogP contribution >= 0.6 is 0 Å². The summed E-state index contributed by atoms with van der Waals surface area (Å²) in [5.74, 6) is 0.741. The van der Waals surface area contributed by atoms with E-state index in [1.165, 1.54) is 0 Å². The maximum atomic E-state index is 9.86. The molecule has 0 fully saturated rings. The molecule has 0 spiro atoms. The highest BCUT2D eigenvalue weighted by atomic mass is 16.5. The molecule has 3 heteroatoms. The Morgan fingerprint density at radius 1 is 1.35 bits per heavy atom. The Labute approximate surface area is 101 Å². The summed E-state index contributed by atoms with van der Waals surface area (Å²) < 4.78 is 5.58. The Kier molecular flexibility index (Phi) is 3.29. The summed E-state index contributed by atoms with van der Waals surface area (Å²) >= 11 is 0. The summed E-state index contributed by atoms with van der Waals surface area (Å²) in [7, 11) is 0. The van der Waals surface area contributed by atoms with Gasteiger partial charge in [0.2, 0.25) is 0 Å². The molecule has 0 saturated heterocycles. The Bertz CT molecular complexity index is 508. The minimum atomic E-state index is -0.779. The van der Waals surface area contributed by atoms with E-state index in [-0.39, 0.29) is 0 Å². The van der Waals surface area contributed by atoms with Gasteiger partial charge in [-0.3, -0.25) is 4.98 Å². The summed E-state index contributed by atoms with van der Waals surface area (Å²) in [5, 5.41) is 10.9. The first kappa shape index (κ1) is 11.9. The molecular formula is C14H17NO2. The van der Waals surface area contributed by atoms with Crippen molar-refractivity contribution in [1.29, 1.82) is 0 Å². The van der Waals surface area contributed by atoms with Crippen LogP contribution in [0.3, 0.4) is 0 Å². The summed E-state index contributed by atoms with van der Waals surface area (Å²) in [5.41, 5.74) is 0.125. The lowest BCUT2D eigenvalue weighted by Gasteiger charge is -2.21. The van der Waals surface area contributed by atoms with Crippen LogP contribution in [-0.2, 0) is 0 Å². The van der Waals surface area contributed by atoms with Crippen LogP contribution in [0.25, 0.3) is 10.9 Å². The average molecular weight is 231 g/mol. The third-order valence-electron chi connectivity index (χ3n) is 2.89. The van der Waals surface area contributed by atoms with Gasteiger partial charge in [-0.1, -0.05) is 13.0 Å². The number of ether oxygens (including phenoxy) is 1. The normalized spacial score (nSPS) is 14.5. The van der Waals surface area contributed by atoms with Crippen molar-refractivity contribution in [1.82, 2.24) is 4.98 Å². The molecular weight excluding hydrogens is 214 g/mol. The molecule has 0 aliphatic rings. The molecule has 0 bridgehead atoms. The third kappa shape index (κ3) is 2.94. The summed E-state index contributed by atoms with van der Waals surface area (Å²) in [4.78, 5) is 4.26. The van der Waals surface area contributed by atoms with Crippen molar-refractivity contribution in [3.63, 3.8) is 0 Å². The van der Waals surface area contributed by atoms with Crippen molar-refractivity contribution < 1.29 is 9.84 Å². The van der Waals surface area contributed by atoms with Gasteiger partial charge in [0.15, 0.2) is 0 Å². The largest absolute Gasteiger partial charge is 0.491 e. The number of hydrogen-bond donors (Lipinski definition) is 1. The van der Waals surface area contributed by atoms with Gasteiger partial charge in [-0.05, 0) is 31.5 Å². The zero-order valence-corrected chi connectivity index (χ0v) is 10.2. The Morgan fingerprint density at radius 2 is 2.18 bits per heavy atom. The molecule has 1 aromatic carbocycles. The molecule has 90 valence electrons. The van der Waals surface area contributed by atoms with E-state index in [0.717, 1.165) is 16.7 Å². The second-order valence-corrected chi connectivity index (χ2v) is 4.50. The third-order valence-corrected chi connectivity index (χ3v) is 2.89. The number of fused-ring (bicyclic) bond motifs is 1. The van der Waals surface area contributed by atoms with Gasteiger partial charge in [0.25, 0.3) is 0 Å². The molecule has 0 aliphatic carbocycles. The van der Waals surface area contributed by atoms with Gasteiger partial charge in [0, 0.05) is 17.6 Å². The van der Waals surface area contributed by atoms with E-state index in [2.05, 4.69) is 4.98 Å². The summed E-state index contributed by atoms with van der Waals surface area (Å²) in [6, 6.07) is 9.67. The van der Waals surface area contributed by atoms with Gasteiger partial charge in [0.1, 0.15) is 12.4 Å². The van der Waals surface area contributed by atoms with Crippen LogP contribution in [0.2, 0.25) is 0 Å². The minimum Gasteiger partial charge on any atom is -0.491 e. The van der Waals surface area contributed by atoms with E-state index in [4.69, 9.17) is 4.74 Å².